The molecule has 13 heavy (non-hydrogen) atoms. The molecule has 0 saturated heterocycles. The van der Waals surface area contributed by atoms with Gasteiger partial charge in [-0.3, -0.25) is 0 Å². The van der Waals surface area contributed by atoms with Gasteiger partial charge in [0, 0.05) is 12.6 Å². The van der Waals surface area contributed by atoms with Crippen LogP contribution in [0.25, 0.3) is 0 Å². The summed E-state index contributed by atoms with van der Waals surface area (Å²) in [5, 5.41) is 12.3. The Labute approximate surface area is 78.6 Å². The molecule has 0 bridgehead atoms. The van der Waals surface area contributed by atoms with E-state index in [1.807, 2.05) is 0 Å². The van der Waals surface area contributed by atoms with Gasteiger partial charge in [-0.05, 0) is 30.0 Å². The summed E-state index contributed by atoms with van der Waals surface area (Å²) in [5.74, 6) is 0. The first-order valence-electron chi connectivity index (χ1n) is 4.73. The highest BCUT2D eigenvalue weighted by atomic mass is 16.3. The number of hydrogen-bond donors (Lipinski definition) is 2. The lowest BCUT2D eigenvalue weighted by atomic mass is 9.92. The van der Waals surface area contributed by atoms with Crippen molar-refractivity contribution in [3.8, 4) is 0 Å². The molecular formula is C11H15NO. The average Bonchev–Trinajstić information content (AvgIpc) is 2.18. The molecule has 0 aliphatic carbocycles. The van der Waals surface area contributed by atoms with Crippen molar-refractivity contribution < 1.29 is 5.11 Å². The van der Waals surface area contributed by atoms with Crippen LogP contribution in [0, 0.1) is 6.92 Å². The predicted molar refractivity (Wildman–Crippen MR) is 52.6 cm³/mol. The number of aliphatic hydroxyl groups excluding tert-OH is 1. The number of nitrogens with one attached hydrogen (secondary N) is 1. The van der Waals surface area contributed by atoms with Gasteiger partial charge >= 0.3 is 0 Å². The minimum absolute atomic E-state index is 0.230. The van der Waals surface area contributed by atoms with Crippen molar-refractivity contribution in [3.05, 3.63) is 34.9 Å². The van der Waals surface area contributed by atoms with E-state index in [1.54, 1.807) is 0 Å². The van der Waals surface area contributed by atoms with Gasteiger partial charge in [-0.25, -0.2) is 0 Å². The highest BCUT2D eigenvalue weighted by Crippen LogP contribution is 2.19. The SMILES string of the molecule is Cc1cccc2c1C[C@H](CO)NC2. The molecule has 1 aromatic rings. The van der Waals surface area contributed by atoms with Gasteiger partial charge in [0.25, 0.3) is 0 Å². The van der Waals surface area contributed by atoms with E-state index in [0.717, 1.165) is 13.0 Å². The van der Waals surface area contributed by atoms with Gasteiger partial charge < -0.3 is 10.4 Å². The van der Waals surface area contributed by atoms with E-state index < -0.39 is 0 Å². The minimum atomic E-state index is 0.230. The Balaban J connectivity index is 2.32. The normalized spacial score (nSPS) is 21.2. The third kappa shape index (κ3) is 1.60. The zero-order valence-corrected chi connectivity index (χ0v) is 7.88. The third-order valence-corrected chi connectivity index (χ3v) is 2.76. The van der Waals surface area contributed by atoms with Crippen LogP contribution in [0.2, 0.25) is 0 Å². The van der Waals surface area contributed by atoms with Gasteiger partial charge in [-0.2, -0.15) is 0 Å². The second-order valence-corrected chi connectivity index (χ2v) is 3.68. The van der Waals surface area contributed by atoms with Crippen molar-refractivity contribution >= 4 is 0 Å². The van der Waals surface area contributed by atoms with Crippen molar-refractivity contribution in [2.75, 3.05) is 6.61 Å². The van der Waals surface area contributed by atoms with Crippen molar-refractivity contribution in [2.45, 2.75) is 25.9 Å². The lowest BCUT2D eigenvalue weighted by Gasteiger charge is -2.25. The molecule has 0 amide bonds. The Morgan fingerprint density at radius 2 is 2.38 bits per heavy atom. The fraction of sp³-hybridized carbons (Fsp3) is 0.455. The van der Waals surface area contributed by atoms with Crippen molar-refractivity contribution in [3.63, 3.8) is 0 Å². The maximum absolute atomic E-state index is 9.04. The van der Waals surface area contributed by atoms with Gasteiger partial charge in [-0.1, -0.05) is 18.2 Å². The monoisotopic (exact) mass is 177 g/mol. The summed E-state index contributed by atoms with van der Waals surface area (Å²) in [6, 6.07) is 6.63. The molecule has 70 valence electrons. The molecule has 1 aromatic carbocycles. The van der Waals surface area contributed by atoms with E-state index in [0.29, 0.717) is 0 Å². The molecule has 0 aromatic heterocycles. The molecular weight excluding hydrogens is 162 g/mol. The molecule has 0 radical (unpaired) electrons. The van der Waals surface area contributed by atoms with Crippen molar-refractivity contribution in [2.24, 2.45) is 0 Å². The predicted octanol–water partition coefficient (Wildman–Crippen LogP) is 1.00. The fourth-order valence-electron chi connectivity index (χ4n) is 1.92. The summed E-state index contributed by atoms with van der Waals surface area (Å²) in [6.45, 7) is 3.26. The van der Waals surface area contributed by atoms with Crippen LogP contribution in [0.4, 0.5) is 0 Å². The Hall–Kier alpha value is -0.860. The largest absolute Gasteiger partial charge is 0.395 e. The van der Waals surface area contributed by atoms with Crippen LogP contribution in [-0.2, 0) is 13.0 Å². The number of benzene rings is 1. The van der Waals surface area contributed by atoms with Crippen LogP contribution in [0.5, 0.6) is 0 Å². The first-order chi connectivity index (χ1) is 6.31. The van der Waals surface area contributed by atoms with Crippen LogP contribution in [0.1, 0.15) is 16.7 Å². The van der Waals surface area contributed by atoms with Gasteiger partial charge in [0.15, 0.2) is 0 Å². The summed E-state index contributed by atoms with van der Waals surface area (Å²) in [5.41, 5.74) is 4.14. The van der Waals surface area contributed by atoms with E-state index in [-0.39, 0.29) is 12.6 Å². The summed E-state index contributed by atoms with van der Waals surface area (Å²) < 4.78 is 0. The zero-order chi connectivity index (χ0) is 9.26. The standard InChI is InChI=1S/C11H15NO/c1-8-3-2-4-9-6-12-10(7-13)5-11(8)9/h2-4,10,12-13H,5-7H2,1H3/t10-/m1/s1. The Bertz CT molecular complexity index is 309. The smallest absolute Gasteiger partial charge is 0.0587 e. The van der Waals surface area contributed by atoms with Crippen LogP contribution >= 0.6 is 0 Å². The fourth-order valence-corrected chi connectivity index (χ4v) is 1.92. The number of hydrogen-bond acceptors (Lipinski definition) is 2. The maximum atomic E-state index is 9.04. The van der Waals surface area contributed by atoms with Crippen LogP contribution in [0.15, 0.2) is 18.2 Å². The molecule has 2 nitrogen and oxygen atoms in total. The molecule has 2 rings (SSSR count). The van der Waals surface area contributed by atoms with Gasteiger partial charge in [0.1, 0.15) is 0 Å². The molecule has 1 atom stereocenters. The van der Waals surface area contributed by atoms with Crippen molar-refractivity contribution in [1.29, 1.82) is 0 Å². The summed E-state index contributed by atoms with van der Waals surface area (Å²) >= 11 is 0. The van der Waals surface area contributed by atoms with E-state index in [1.165, 1.54) is 16.7 Å². The first kappa shape index (κ1) is 8.73. The Morgan fingerprint density at radius 3 is 3.15 bits per heavy atom. The summed E-state index contributed by atoms with van der Waals surface area (Å²) in [6.07, 6.45) is 0.957. The summed E-state index contributed by atoms with van der Waals surface area (Å²) in [7, 11) is 0. The Kier molecular flexibility index (Phi) is 2.34. The molecule has 2 N–H and O–H groups in total. The van der Waals surface area contributed by atoms with Crippen molar-refractivity contribution in [1.82, 2.24) is 5.32 Å². The minimum Gasteiger partial charge on any atom is -0.395 e. The zero-order valence-electron chi connectivity index (χ0n) is 7.88. The highest BCUT2D eigenvalue weighted by Gasteiger charge is 2.17. The van der Waals surface area contributed by atoms with E-state index >= 15 is 0 Å². The molecule has 1 aliphatic heterocycles. The van der Waals surface area contributed by atoms with Crippen LogP contribution < -0.4 is 5.32 Å². The second kappa shape index (κ2) is 3.48. The quantitative estimate of drug-likeness (QED) is 0.670. The lowest BCUT2D eigenvalue weighted by molar-refractivity contribution is 0.235. The van der Waals surface area contributed by atoms with Gasteiger partial charge in [0.05, 0.1) is 6.61 Å². The molecule has 2 heteroatoms. The van der Waals surface area contributed by atoms with Gasteiger partial charge in [0.2, 0.25) is 0 Å². The van der Waals surface area contributed by atoms with Crippen LogP contribution in [-0.4, -0.2) is 17.8 Å². The number of aryl methyl sites for hydroxylation is 1. The number of rotatable bonds is 1. The van der Waals surface area contributed by atoms with E-state index in [2.05, 4.69) is 30.4 Å². The van der Waals surface area contributed by atoms with Gasteiger partial charge in [-0.15, -0.1) is 0 Å². The van der Waals surface area contributed by atoms with Crippen LogP contribution in [0.3, 0.4) is 0 Å². The summed E-state index contributed by atoms with van der Waals surface area (Å²) in [4.78, 5) is 0. The lowest BCUT2D eigenvalue weighted by Crippen LogP contribution is -2.38. The molecule has 0 saturated carbocycles. The maximum Gasteiger partial charge on any atom is 0.0587 e. The van der Waals surface area contributed by atoms with E-state index in [9.17, 15) is 0 Å². The number of fused-ring (bicyclic) bond motifs is 1. The molecule has 0 unspecified atom stereocenters. The third-order valence-electron chi connectivity index (χ3n) is 2.76. The highest BCUT2D eigenvalue weighted by molar-refractivity contribution is 5.36. The first-order valence-corrected chi connectivity index (χ1v) is 4.73. The molecule has 0 fully saturated rings. The topological polar surface area (TPSA) is 32.3 Å². The van der Waals surface area contributed by atoms with E-state index in [4.69, 9.17) is 5.11 Å². The second-order valence-electron chi connectivity index (χ2n) is 3.68. The molecule has 1 aliphatic rings. The Morgan fingerprint density at radius 1 is 1.54 bits per heavy atom. The molecule has 0 spiro atoms. The number of aliphatic hydroxyl groups is 1. The average molecular weight is 177 g/mol. The molecule has 1 heterocycles.